The van der Waals surface area contributed by atoms with Crippen molar-refractivity contribution in [3.63, 3.8) is 0 Å². The lowest BCUT2D eigenvalue weighted by atomic mass is 10.0. The fourth-order valence-corrected chi connectivity index (χ4v) is 6.42. The Kier molecular flexibility index (Phi) is 25.6. The summed E-state index contributed by atoms with van der Waals surface area (Å²) < 4.78 is 0. The molecule has 0 radical (unpaired) electrons. The van der Waals surface area contributed by atoms with Gasteiger partial charge < -0.3 is 9.80 Å². The van der Waals surface area contributed by atoms with Crippen molar-refractivity contribution in [2.45, 2.75) is 220 Å². The van der Waals surface area contributed by atoms with Crippen molar-refractivity contribution < 1.29 is 0 Å². The molecule has 0 saturated heterocycles. The molecule has 0 aromatic carbocycles. The fraction of sp³-hybridized carbons (Fsp3) is 0.946. The van der Waals surface area contributed by atoms with Crippen LogP contribution in [0.2, 0.25) is 0 Å². The van der Waals surface area contributed by atoms with Crippen LogP contribution in [0, 0.1) is 0 Å². The molecular formula is C37H74N2. The quantitative estimate of drug-likeness (QED) is 0.0826. The molecule has 2 nitrogen and oxygen atoms in total. The van der Waals surface area contributed by atoms with Gasteiger partial charge in [0.1, 0.15) is 6.17 Å². The van der Waals surface area contributed by atoms with E-state index in [0.29, 0.717) is 12.2 Å². The molecule has 0 N–H and O–H groups in total. The minimum atomic E-state index is 0.606. The molecule has 0 amide bonds. The molecule has 0 aromatic heterocycles. The molecule has 0 bridgehead atoms. The van der Waals surface area contributed by atoms with Crippen molar-refractivity contribution in [1.82, 2.24) is 9.80 Å². The van der Waals surface area contributed by atoms with Gasteiger partial charge in [0.15, 0.2) is 0 Å². The first-order chi connectivity index (χ1) is 19.2. The van der Waals surface area contributed by atoms with E-state index in [1.807, 2.05) is 0 Å². The van der Waals surface area contributed by atoms with Crippen molar-refractivity contribution in [3.8, 4) is 0 Å². The molecule has 0 spiro atoms. The highest BCUT2D eigenvalue weighted by Crippen LogP contribution is 2.25. The van der Waals surface area contributed by atoms with E-state index in [2.05, 4.69) is 49.9 Å². The molecular weight excluding hydrogens is 472 g/mol. The second-order valence-corrected chi connectivity index (χ2v) is 13.2. The van der Waals surface area contributed by atoms with Crippen LogP contribution in [0.5, 0.6) is 0 Å². The first-order valence-corrected chi connectivity index (χ1v) is 18.4. The van der Waals surface area contributed by atoms with Crippen molar-refractivity contribution in [2.24, 2.45) is 0 Å². The van der Waals surface area contributed by atoms with E-state index in [0.717, 1.165) is 0 Å². The average Bonchev–Trinajstić information content (AvgIpc) is 3.34. The lowest BCUT2D eigenvalue weighted by Gasteiger charge is -2.35. The number of rotatable bonds is 30. The lowest BCUT2D eigenvalue weighted by molar-refractivity contribution is 0.114. The first kappa shape index (κ1) is 36.4. The Labute approximate surface area is 248 Å². The maximum atomic E-state index is 2.67. The minimum absolute atomic E-state index is 0.606. The predicted octanol–water partition coefficient (Wildman–Crippen LogP) is 12.8. The van der Waals surface area contributed by atoms with Gasteiger partial charge in [0.25, 0.3) is 0 Å². The minimum Gasteiger partial charge on any atom is -0.356 e. The van der Waals surface area contributed by atoms with Gasteiger partial charge in [-0.25, -0.2) is 0 Å². The van der Waals surface area contributed by atoms with Crippen molar-refractivity contribution in [2.75, 3.05) is 6.54 Å². The molecule has 1 unspecified atom stereocenters. The van der Waals surface area contributed by atoms with Crippen molar-refractivity contribution >= 4 is 0 Å². The molecule has 1 atom stereocenters. The summed E-state index contributed by atoms with van der Waals surface area (Å²) in [6.07, 6.45) is 45.7. The zero-order valence-electron chi connectivity index (χ0n) is 27.7. The normalized spacial score (nSPS) is 15.4. The smallest absolute Gasteiger partial charge is 0.101 e. The SMILES string of the molecule is CCCCCCCCCCCCCCCCC1N(CCCCCCCCCCCCCCC)C=CN1C(C)C. The first-order valence-electron chi connectivity index (χ1n) is 18.4. The van der Waals surface area contributed by atoms with E-state index in [4.69, 9.17) is 0 Å². The number of hydrogen-bond donors (Lipinski definition) is 0. The Hall–Kier alpha value is -0.660. The summed E-state index contributed by atoms with van der Waals surface area (Å²) in [5.74, 6) is 0. The fourth-order valence-electron chi connectivity index (χ4n) is 6.42. The third kappa shape index (κ3) is 20.8. The third-order valence-electron chi connectivity index (χ3n) is 9.09. The van der Waals surface area contributed by atoms with Gasteiger partial charge in [-0.1, -0.05) is 174 Å². The molecule has 1 aliphatic heterocycles. The molecule has 1 heterocycles. The summed E-state index contributed by atoms with van der Waals surface area (Å²) >= 11 is 0. The predicted molar refractivity (Wildman–Crippen MR) is 177 cm³/mol. The average molecular weight is 547 g/mol. The Morgan fingerprint density at radius 2 is 0.769 bits per heavy atom. The highest BCUT2D eigenvalue weighted by molar-refractivity contribution is 4.98. The molecule has 0 fully saturated rings. The van der Waals surface area contributed by atoms with Crippen LogP contribution in [0.4, 0.5) is 0 Å². The van der Waals surface area contributed by atoms with Crippen LogP contribution in [-0.4, -0.2) is 28.6 Å². The zero-order valence-corrected chi connectivity index (χ0v) is 27.7. The Morgan fingerprint density at radius 1 is 0.436 bits per heavy atom. The molecule has 1 rings (SSSR count). The maximum absolute atomic E-state index is 2.67. The Balaban J connectivity index is 2.01. The Bertz CT molecular complexity index is 514. The van der Waals surface area contributed by atoms with E-state index in [9.17, 15) is 0 Å². The van der Waals surface area contributed by atoms with Gasteiger partial charge in [-0.2, -0.15) is 0 Å². The zero-order chi connectivity index (χ0) is 28.2. The standard InChI is InChI=1S/C37H74N2/c1-5-7-9-11-13-15-17-19-20-22-24-26-28-30-32-37-38(34-35-39(37)36(3)4)33-31-29-27-25-23-21-18-16-14-12-10-8-6-2/h34-37H,5-33H2,1-4H3. The highest BCUT2D eigenvalue weighted by Gasteiger charge is 2.26. The molecule has 2 heteroatoms. The van der Waals surface area contributed by atoms with E-state index in [1.165, 1.54) is 186 Å². The second-order valence-electron chi connectivity index (χ2n) is 13.2. The summed E-state index contributed by atoms with van der Waals surface area (Å²) in [6.45, 7) is 10.6. The lowest BCUT2D eigenvalue weighted by Crippen LogP contribution is -2.42. The van der Waals surface area contributed by atoms with E-state index < -0.39 is 0 Å². The summed E-state index contributed by atoms with van der Waals surface area (Å²) in [6, 6.07) is 0.606. The maximum Gasteiger partial charge on any atom is 0.101 e. The van der Waals surface area contributed by atoms with Gasteiger partial charge in [-0.3, -0.25) is 0 Å². The van der Waals surface area contributed by atoms with Gasteiger partial charge in [-0.05, 0) is 33.1 Å². The van der Waals surface area contributed by atoms with Gasteiger partial charge in [0.2, 0.25) is 0 Å². The van der Waals surface area contributed by atoms with Crippen LogP contribution < -0.4 is 0 Å². The van der Waals surface area contributed by atoms with E-state index in [-0.39, 0.29) is 0 Å². The van der Waals surface area contributed by atoms with Crippen LogP contribution in [0.1, 0.15) is 207 Å². The van der Waals surface area contributed by atoms with Gasteiger partial charge in [-0.15, -0.1) is 0 Å². The van der Waals surface area contributed by atoms with Gasteiger partial charge >= 0.3 is 0 Å². The monoisotopic (exact) mass is 547 g/mol. The van der Waals surface area contributed by atoms with Gasteiger partial charge in [0.05, 0.1) is 0 Å². The van der Waals surface area contributed by atoms with Gasteiger partial charge in [0, 0.05) is 25.0 Å². The summed E-state index contributed by atoms with van der Waals surface area (Å²) in [7, 11) is 0. The molecule has 0 aliphatic carbocycles. The van der Waals surface area contributed by atoms with Crippen molar-refractivity contribution in [1.29, 1.82) is 0 Å². The molecule has 39 heavy (non-hydrogen) atoms. The molecule has 1 aliphatic rings. The third-order valence-corrected chi connectivity index (χ3v) is 9.09. The van der Waals surface area contributed by atoms with Crippen molar-refractivity contribution in [3.05, 3.63) is 12.4 Å². The second kappa shape index (κ2) is 27.5. The summed E-state index contributed by atoms with van der Waals surface area (Å²) in [4.78, 5) is 5.28. The largest absolute Gasteiger partial charge is 0.356 e. The highest BCUT2D eigenvalue weighted by atomic mass is 15.4. The molecule has 232 valence electrons. The van der Waals surface area contributed by atoms with Crippen LogP contribution in [0.3, 0.4) is 0 Å². The van der Waals surface area contributed by atoms with Crippen LogP contribution in [-0.2, 0) is 0 Å². The topological polar surface area (TPSA) is 6.48 Å². The summed E-state index contributed by atoms with van der Waals surface area (Å²) in [5, 5.41) is 0. The molecule has 0 saturated carbocycles. The summed E-state index contributed by atoms with van der Waals surface area (Å²) in [5.41, 5.74) is 0. The number of hydrogen-bond acceptors (Lipinski definition) is 2. The van der Waals surface area contributed by atoms with E-state index in [1.54, 1.807) is 0 Å². The molecule has 0 aromatic rings. The number of nitrogens with zero attached hydrogens (tertiary/aromatic N) is 2. The van der Waals surface area contributed by atoms with E-state index >= 15 is 0 Å². The Morgan fingerprint density at radius 3 is 1.13 bits per heavy atom. The number of unbranched alkanes of at least 4 members (excludes halogenated alkanes) is 25. The van der Waals surface area contributed by atoms with Crippen LogP contribution in [0.25, 0.3) is 0 Å². The van der Waals surface area contributed by atoms with Crippen LogP contribution >= 0.6 is 0 Å². The van der Waals surface area contributed by atoms with Crippen LogP contribution in [0.15, 0.2) is 12.4 Å².